The van der Waals surface area contributed by atoms with Crippen LogP contribution in [-0.4, -0.2) is 6.54 Å². The minimum atomic E-state index is 0. The Morgan fingerprint density at radius 3 is 2.33 bits per heavy atom. The van der Waals surface area contributed by atoms with E-state index >= 15 is 0 Å². The van der Waals surface area contributed by atoms with E-state index in [1.807, 2.05) is 0 Å². The molecule has 3 heteroatoms. The van der Waals surface area contributed by atoms with Gasteiger partial charge in [-0.3, -0.25) is 0 Å². The third-order valence-corrected chi connectivity index (χ3v) is 0.262. The molecule has 0 heterocycles. The topological polar surface area (TPSA) is 38.0 Å². The molecule has 1 radical (unpaired) electrons. The van der Waals surface area contributed by atoms with Gasteiger partial charge < -0.3 is 18.0 Å². The zero-order valence-corrected chi connectivity index (χ0v) is 6.48. The van der Waals surface area contributed by atoms with Crippen molar-refractivity contribution in [3.05, 3.63) is 13.6 Å². The van der Waals surface area contributed by atoms with Gasteiger partial charge in [-0.2, -0.15) is 6.54 Å². The summed E-state index contributed by atoms with van der Waals surface area (Å²) in [5.74, 6) is 0. The molecule has 0 aromatic rings. The van der Waals surface area contributed by atoms with Crippen molar-refractivity contribution in [1.82, 2.24) is 5.32 Å². The molecule has 0 aliphatic rings. The van der Waals surface area contributed by atoms with Gasteiger partial charge >= 0.3 is 0 Å². The smallest absolute Gasteiger partial charge is 0 e. The van der Waals surface area contributed by atoms with Gasteiger partial charge in [0.1, 0.15) is 0 Å². The van der Waals surface area contributed by atoms with Crippen molar-refractivity contribution in [2.75, 3.05) is 6.54 Å². The Hall–Kier alpha value is 1.02. The third kappa shape index (κ3) is 8.90. The van der Waals surface area contributed by atoms with Crippen LogP contribution in [0.15, 0.2) is 0 Å². The second-order valence-electron chi connectivity index (χ2n) is 0.621. The standard InChI is InChI=1S/C3H8N2.Y/c1-2-5-3-4;/h3,5H,1-2,4H2;/q-2;. The molecule has 0 rings (SSSR count). The number of nitrogens with one attached hydrogen (secondary N) is 1. The van der Waals surface area contributed by atoms with Crippen LogP contribution in [0.3, 0.4) is 0 Å². The molecule has 6 heavy (non-hydrogen) atoms. The summed E-state index contributed by atoms with van der Waals surface area (Å²) in [4.78, 5) is 0. The van der Waals surface area contributed by atoms with Crippen LogP contribution in [0, 0.1) is 13.6 Å². The maximum Gasteiger partial charge on any atom is 0 e. The molecule has 0 saturated carbocycles. The normalized spacial score (nSPS) is 7.00. The van der Waals surface area contributed by atoms with Crippen LogP contribution in [0.5, 0.6) is 0 Å². The van der Waals surface area contributed by atoms with Gasteiger partial charge in [-0.1, -0.05) is 0 Å². The first-order valence-electron chi connectivity index (χ1n) is 1.48. The Bertz CT molecular complexity index is 16.3. The molecule has 0 fully saturated rings. The van der Waals surface area contributed by atoms with Crippen LogP contribution in [0.1, 0.15) is 0 Å². The van der Waals surface area contributed by atoms with Crippen molar-refractivity contribution < 1.29 is 32.7 Å². The molecule has 0 unspecified atom stereocenters. The average molecular weight is 161 g/mol. The first kappa shape index (κ1) is 10.1. The summed E-state index contributed by atoms with van der Waals surface area (Å²) in [7, 11) is 0. The number of hydrogen-bond acceptors (Lipinski definition) is 2. The predicted octanol–water partition coefficient (Wildman–Crippen LogP) is -0.514. The molecule has 0 aliphatic heterocycles. The molecule has 0 atom stereocenters. The Morgan fingerprint density at radius 2 is 2.33 bits per heavy atom. The summed E-state index contributed by atoms with van der Waals surface area (Å²) in [5.41, 5.74) is 4.86. The van der Waals surface area contributed by atoms with E-state index in [0.29, 0.717) is 6.54 Å². The summed E-state index contributed by atoms with van der Waals surface area (Å²) in [6.45, 7) is 5.48. The summed E-state index contributed by atoms with van der Waals surface area (Å²) in [5, 5.41) is 2.65. The van der Waals surface area contributed by atoms with Crippen molar-refractivity contribution >= 4 is 0 Å². The van der Waals surface area contributed by atoms with Crippen molar-refractivity contribution in [3.8, 4) is 0 Å². The van der Waals surface area contributed by atoms with Gasteiger partial charge in [0.2, 0.25) is 0 Å². The van der Waals surface area contributed by atoms with Crippen LogP contribution in [-0.2, 0) is 32.7 Å². The second-order valence-corrected chi connectivity index (χ2v) is 0.621. The van der Waals surface area contributed by atoms with E-state index in [0.717, 1.165) is 0 Å². The van der Waals surface area contributed by atoms with Gasteiger partial charge in [0.25, 0.3) is 0 Å². The number of nitrogens with two attached hydrogens (primary N) is 1. The van der Waals surface area contributed by atoms with Crippen molar-refractivity contribution in [2.45, 2.75) is 0 Å². The fraction of sp³-hybridized carbons (Fsp3) is 0.333. The number of rotatable bonds is 2. The van der Waals surface area contributed by atoms with Gasteiger partial charge in [0, 0.05) is 32.7 Å². The number of hydrogen-bond donors (Lipinski definition) is 2. The molecule has 0 saturated heterocycles. The fourth-order valence-corrected chi connectivity index (χ4v) is 0.0833. The van der Waals surface area contributed by atoms with Gasteiger partial charge in [-0.05, 0) is 0 Å². The molecule has 0 amide bonds. The van der Waals surface area contributed by atoms with E-state index in [1.165, 1.54) is 6.67 Å². The van der Waals surface area contributed by atoms with Crippen LogP contribution in [0.2, 0.25) is 0 Å². The zero-order chi connectivity index (χ0) is 4.12. The van der Waals surface area contributed by atoms with Gasteiger partial charge in [0.15, 0.2) is 0 Å². The Balaban J connectivity index is 0. The maximum atomic E-state index is 4.86. The van der Waals surface area contributed by atoms with Crippen molar-refractivity contribution in [2.24, 2.45) is 5.73 Å². The first-order valence-corrected chi connectivity index (χ1v) is 1.48. The van der Waals surface area contributed by atoms with E-state index in [2.05, 4.69) is 12.2 Å². The molecule has 0 aromatic carbocycles. The molecule has 0 aromatic heterocycles. The van der Waals surface area contributed by atoms with E-state index in [1.54, 1.807) is 0 Å². The van der Waals surface area contributed by atoms with E-state index in [4.69, 9.17) is 5.73 Å². The summed E-state index contributed by atoms with van der Waals surface area (Å²) >= 11 is 0. The molecule has 3 N–H and O–H groups in total. The SMILES string of the molecule is [CH2-]CN[CH-]N.[Y]. The largest absolute Gasteiger partial charge is 0.482 e. The monoisotopic (exact) mass is 161 g/mol. The predicted molar refractivity (Wildman–Crippen MR) is 21.8 cm³/mol. The zero-order valence-electron chi connectivity index (χ0n) is 3.65. The summed E-state index contributed by atoms with van der Waals surface area (Å²) in [6.07, 6.45) is 0. The summed E-state index contributed by atoms with van der Waals surface area (Å²) in [6, 6.07) is 0. The van der Waals surface area contributed by atoms with Crippen LogP contribution in [0.4, 0.5) is 0 Å². The second kappa shape index (κ2) is 9.39. The molecule has 35 valence electrons. The molecular weight excluding hydrogens is 153 g/mol. The molecule has 2 nitrogen and oxygen atoms in total. The minimum Gasteiger partial charge on any atom is -0.482 e. The molecule has 0 spiro atoms. The van der Waals surface area contributed by atoms with Gasteiger partial charge in [-0.15, -0.1) is 0 Å². The third-order valence-electron chi connectivity index (χ3n) is 0.262. The van der Waals surface area contributed by atoms with Crippen molar-refractivity contribution in [3.63, 3.8) is 0 Å². The van der Waals surface area contributed by atoms with E-state index in [-0.39, 0.29) is 32.7 Å². The van der Waals surface area contributed by atoms with E-state index in [9.17, 15) is 0 Å². The Kier molecular flexibility index (Phi) is 15.8. The van der Waals surface area contributed by atoms with Crippen LogP contribution < -0.4 is 11.1 Å². The molecular formula is C3H8N2Y-2. The summed E-state index contributed by atoms with van der Waals surface area (Å²) < 4.78 is 0. The average Bonchev–Trinajstić information content (AvgIpc) is 1.41. The van der Waals surface area contributed by atoms with Crippen LogP contribution >= 0.6 is 0 Å². The van der Waals surface area contributed by atoms with E-state index < -0.39 is 0 Å². The molecule has 0 bridgehead atoms. The quantitative estimate of drug-likeness (QED) is 0.535. The minimum absolute atomic E-state index is 0. The van der Waals surface area contributed by atoms with Crippen molar-refractivity contribution in [1.29, 1.82) is 0 Å². The first-order chi connectivity index (χ1) is 2.41. The maximum absolute atomic E-state index is 4.86. The van der Waals surface area contributed by atoms with Gasteiger partial charge in [-0.25, -0.2) is 6.67 Å². The Morgan fingerprint density at radius 1 is 1.83 bits per heavy atom. The van der Waals surface area contributed by atoms with Crippen LogP contribution in [0.25, 0.3) is 0 Å². The van der Waals surface area contributed by atoms with Gasteiger partial charge in [0.05, 0.1) is 0 Å². The fourth-order valence-electron chi connectivity index (χ4n) is 0.0833. The molecule has 0 aliphatic carbocycles. The Labute approximate surface area is 63.7 Å².